The smallest absolute Gasteiger partial charge is 0.338 e. The minimum atomic E-state index is -0.402. The number of esters is 1. The van der Waals surface area contributed by atoms with Gasteiger partial charge in [0.15, 0.2) is 0 Å². The molecule has 1 heterocycles. The second-order valence-corrected chi connectivity index (χ2v) is 9.83. The van der Waals surface area contributed by atoms with Crippen LogP contribution in [0.2, 0.25) is 0 Å². The van der Waals surface area contributed by atoms with Gasteiger partial charge in [-0.2, -0.15) is 0 Å². The van der Waals surface area contributed by atoms with Gasteiger partial charge < -0.3 is 20.1 Å². The van der Waals surface area contributed by atoms with Crippen LogP contribution in [-0.4, -0.2) is 25.7 Å². The number of urea groups is 1. The van der Waals surface area contributed by atoms with E-state index in [1.807, 2.05) is 80.6 Å². The molecule has 198 valence electrons. The van der Waals surface area contributed by atoms with E-state index in [2.05, 4.69) is 28.8 Å². The first-order valence-electron chi connectivity index (χ1n) is 13.1. The molecule has 1 unspecified atom stereocenters. The third-order valence-corrected chi connectivity index (χ3v) is 7.11. The molecule has 1 aliphatic heterocycles. The lowest BCUT2D eigenvalue weighted by Gasteiger charge is -2.22. The standard InChI is InChI=1S/C33H32N2O4/c1-21-14-16-25(17-15-21)34-33(37)35-29-20-24(27-12-7-9-22(2)30(27)32(36)38-3)19-28-26(13-8-18-39-31(28)29)23-10-5-4-6-11-23/h4-7,9-12,14-17,19-20,26H,8,13,18H2,1-3H3,(H2,34,35,37). The highest BCUT2D eigenvalue weighted by Gasteiger charge is 2.27. The Bertz CT molecular complexity index is 1500. The molecule has 0 saturated carbocycles. The Morgan fingerprint density at radius 3 is 2.41 bits per heavy atom. The van der Waals surface area contributed by atoms with Crippen molar-refractivity contribution in [1.29, 1.82) is 0 Å². The number of hydrogen-bond donors (Lipinski definition) is 2. The largest absolute Gasteiger partial charge is 0.491 e. The number of carbonyl (C=O) groups is 2. The van der Waals surface area contributed by atoms with Crippen molar-refractivity contribution in [1.82, 2.24) is 0 Å². The summed E-state index contributed by atoms with van der Waals surface area (Å²) in [7, 11) is 1.39. The number of aryl methyl sites for hydroxylation is 2. The maximum atomic E-state index is 13.2. The van der Waals surface area contributed by atoms with Crippen LogP contribution in [0.5, 0.6) is 5.75 Å². The number of rotatable bonds is 5. The van der Waals surface area contributed by atoms with Crippen LogP contribution in [-0.2, 0) is 4.74 Å². The molecule has 4 aromatic carbocycles. The summed E-state index contributed by atoms with van der Waals surface area (Å²) in [5.74, 6) is 0.313. The van der Waals surface area contributed by atoms with Gasteiger partial charge in [0.05, 0.1) is 25.0 Å². The molecule has 5 rings (SSSR count). The van der Waals surface area contributed by atoms with E-state index >= 15 is 0 Å². The van der Waals surface area contributed by atoms with Crippen molar-refractivity contribution in [2.75, 3.05) is 24.4 Å². The molecule has 0 aliphatic carbocycles. The summed E-state index contributed by atoms with van der Waals surface area (Å²) in [5, 5.41) is 5.94. The summed E-state index contributed by atoms with van der Waals surface area (Å²) < 4.78 is 11.4. The Kier molecular flexibility index (Phi) is 7.64. The van der Waals surface area contributed by atoms with Gasteiger partial charge in [0.1, 0.15) is 5.75 Å². The van der Waals surface area contributed by atoms with Gasteiger partial charge in [-0.3, -0.25) is 0 Å². The van der Waals surface area contributed by atoms with Crippen LogP contribution >= 0.6 is 0 Å². The molecule has 6 nitrogen and oxygen atoms in total. The van der Waals surface area contributed by atoms with Gasteiger partial charge in [0, 0.05) is 17.2 Å². The van der Waals surface area contributed by atoms with Crippen molar-refractivity contribution in [3.63, 3.8) is 0 Å². The first kappa shape index (κ1) is 26.0. The van der Waals surface area contributed by atoms with Crippen molar-refractivity contribution in [3.8, 4) is 16.9 Å². The molecular weight excluding hydrogens is 488 g/mol. The molecule has 39 heavy (non-hydrogen) atoms. The summed E-state index contributed by atoms with van der Waals surface area (Å²) in [4.78, 5) is 26.0. The molecule has 6 heteroatoms. The molecule has 0 saturated heterocycles. The third kappa shape index (κ3) is 5.65. The Balaban J connectivity index is 1.64. The Labute approximate surface area is 229 Å². The monoisotopic (exact) mass is 520 g/mol. The molecular formula is C33H32N2O4. The maximum absolute atomic E-state index is 13.2. The van der Waals surface area contributed by atoms with Crippen molar-refractivity contribution in [2.24, 2.45) is 0 Å². The molecule has 1 aliphatic rings. The van der Waals surface area contributed by atoms with E-state index in [1.54, 1.807) is 0 Å². The summed E-state index contributed by atoms with van der Waals surface area (Å²) in [6.07, 6.45) is 1.77. The molecule has 0 bridgehead atoms. The van der Waals surface area contributed by atoms with E-state index in [-0.39, 0.29) is 11.9 Å². The zero-order valence-corrected chi connectivity index (χ0v) is 22.4. The van der Waals surface area contributed by atoms with Crippen LogP contribution in [0.3, 0.4) is 0 Å². The SMILES string of the molecule is COC(=O)c1c(C)cccc1-c1cc(NC(=O)Nc2ccc(C)cc2)c2c(c1)C(c1ccccc1)CCCO2. The summed E-state index contributed by atoms with van der Waals surface area (Å²) in [6, 6.07) is 27.3. The van der Waals surface area contributed by atoms with Crippen LogP contribution in [0.4, 0.5) is 16.2 Å². The number of amides is 2. The lowest BCUT2D eigenvalue weighted by Crippen LogP contribution is -2.20. The Hall–Kier alpha value is -4.58. The third-order valence-electron chi connectivity index (χ3n) is 7.11. The van der Waals surface area contributed by atoms with Crippen LogP contribution in [0.25, 0.3) is 11.1 Å². The van der Waals surface area contributed by atoms with Gasteiger partial charge in [-0.15, -0.1) is 0 Å². The predicted molar refractivity (Wildman–Crippen MR) is 155 cm³/mol. The van der Waals surface area contributed by atoms with Crippen LogP contribution in [0.15, 0.2) is 84.9 Å². The number of methoxy groups -OCH3 is 1. The van der Waals surface area contributed by atoms with Crippen molar-refractivity contribution in [3.05, 3.63) is 113 Å². The van der Waals surface area contributed by atoms with E-state index in [9.17, 15) is 9.59 Å². The topological polar surface area (TPSA) is 76.7 Å². The van der Waals surface area contributed by atoms with Gasteiger partial charge in [0.25, 0.3) is 0 Å². The quantitative estimate of drug-likeness (QED) is 0.264. The molecule has 0 fully saturated rings. The number of ether oxygens (including phenoxy) is 2. The maximum Gasteiger partial charge on any atom is 0.338 e. The van der Waals surface area contributed by atoms with E-state index in [0.717, 1.165) is 40.7 Å². The first-order valence-corrected chi connectivity index (χ1v) is 13.1. The number of fused-ring (bicyclic) bond motifs is 1. The van der Waals surface area contributed by atoms with Gasteiger partial charge in [-0.05, 0) is 73.2 Å². The molecule has 0 radical (unpaired) electrons. The van der Waals surface area contributed by atoms with Gasteiger partial charge >= 0.3 is 12.0 Å². The second kappa shape index (κ2) is 11.4. The summed E-state index contributed by atoms with van der Waals surface area (Å²) in [6.45, 7) is 4.43. The minimum Gasteiger partial charge on any atom is -0.491 e. The number of hydrogen-bond acceptors (Lipinski definition) is 4. The number of benzene rings is 4. The molecule has 1 atom stereocenters. The molecule has 2 N–H and O–H groups in total. The highest BCUT2D eigenvalue weighted by Crippen LogP contribution is 2.45. The first-order chi connectivity index (χ1) is 18.9. The van der Waals surface area contributed by atoms with Gasteiger partial charge in [0.2, 0.25) is 0 Å². The zero-order chi connectivity index (χ0) is 27.4. The fourth-order valence-corrected chi connectivity index (χ4v) is 5.17. The molecule has 4 aromatic rings. The van der Waals surface area contributed by atoms with E-state index in [4.69, 9.17) is 9.47 Å². The van der Waals surface area contributed by atoms with Crippen LogP contribution < -0.4 is 15.4 Å². The van der Waals surface area contributed by atoms with Gasteiger partial charge in [-0.1, -0.05) is 66.2 Å². The summed E-state index contributed by atoms with van der Waals surface area (Å²) >= 11 is 0. The normalized spacial score (nSPS) is 14.4. The zero-order valence-electron chi connectivity index (χ0n) is 22.4. The van der Waals surface area contributed by atoms with Crippen molar-refractivity contribution < 1.29 is 19.1 Å². The fraction of sp³-hybridized carbons (Fsp3) is 0.212. The second-order valence-electron chi connectivity index (χ2n) is 9.83. The molecule has 2 amide bonds. The fourth-order valence-electron chi connectivity index (χ4n) is 5.17. The lowest BCUT2D eigenvalue weighted by atomic mass is 9.85. The summed E-state index contributed by atoms with van der Waals surface area (Å²) in [5.41, 5.74) is 7.35. The van der Waals surface area contributed by atoms with Crippen molar-refractivity contribution in [2.45, 2.75) is 32.6 Å². The van der Waals surface area contributed by atoms with E-state index in [0.29, 0.717) is 29.3 Å². The average molecular weight is 521 g/mol. The number of nitrogens with one attached hydrogen (secondary N) is 2. The predicted octanol–water partition coefficient (Wildman–Crippen LogP) is 7.71. The molecule has 0 aromatic heterocycles. The van der Waals surface area contributed by atoms with Gasteiger partial charge in [-0.25, -0.2) is 9.59 Å². The Morgan fingerprint density at radius 1 is 0.897 bits per heavy atom. The Morgan fingerprint density at radius 2 is 1.67 bits per heavy atom. The molecule has 0 spiro atoms. The number of anilines is 2. The van der Waals surface area contributed by atoms with Crippen molar-refractivity contribution >= 4 is 23.4 Å². The van der Waals surface area contributed by atoms with E-state index in [1.165, 1.54) is 12.7 Å². The minimum absolute atomic E-state index is 0.0655. The van der Waals surface area contributed by atoms with Crippen LogP contribution in [0, 0.1) is 13.8 Å². The number of carbonyl (C=O) groups excluding carboxylic acids is 2. The highest BCUT2D eigenvalue weighted by atomic mass is 16.5. The van der Waals surface area contributed by atoms with E-state index < -0.39 is 5.97 Å². The lowest BCUT2D eigenvalue weighted by molar-refractivity contribution is 0.0601. The highest BCUT2D eigenvalue weighted by molar-refractivity contribution is 6.03. The van der Waals surface area contributed by atoms with Crippen LogP contribution in [0.1, 0.15) is 51.4 Å². The average Bonchev–Trinajstić information content (AvgIpc) is 3.17.